The maximum Gasteiger partial charge on any atom is 0.483 e. The molecule has 3 N–H and O–H groups in total. The van der Waals surface area contributed by atoms with Gasteiger partial charge in [0, 0.05) is 0 Å². The zero-order valence-corrected chi connectivity index (χ0v) is 6.15. The number of rotatable bonds is 3. The van der Waals surface area contributed by atoms with Gasteiger partial charge < -0.3 is 5.73 Å². The van der Waals surface area contributed by atoms with Crippen molar-refractivity contribution in [3.8, 4) is 0 Å². The summed E-state index contributed by atoms with van der Waals surface area (Å²) in [4.78, 5) is 20.6. The number of primary amides is 1. The van der Waals surface area contributed by atoms with Crippen molar-refractivity contribution < 1.29 is 4.79 Å². The molecule has 0 saturated carbocycles. The Morgan fingerprint density at radius 3 is 2.67 bits per heavy atom. The Kier molecular flexibility index (Phi) is 2.37. The highest BCUT2D eigenvalue weighted by atomic mass is 16.3. The Balaban J connectivity index is 3.07. The predicted octanol–water partition coefficient (Wildman–Crippen LogP) is 0.215. The molecule has 1 aromatic rings. The molecule has 0 spiro atoms. The van der Waals surface area contributed by atoms with Crippen LogP contribution in [0.2, 0.25) is 0 Å². The number of nitrogens with two attached hydrogens (primary N) is 1. The number of nitrogens with one attached hydrogen (secondary N) is 1. The van der Waals surface area contributed by atoms with Gasteiger partial charge in [-0.05, 0) is 17.6 Å². The first-order valence-electron chi connectivity index (χ1n) is 3.23. The number of hydrogen-bond donors (Lipinski definition) is 2. The van der Waals surface area contributed by atoms with Gasteiger partial charge in [-0.25, -0.2) is 0 Å². The molecule has 0 aliphatic rings. The normalized spacial score (nSPS) is 9.00. The summed E-state index contributed by atoms with van der Waals surface area (Å²) in [6.07, 6.45) is 0. The van der Waals surface area contributed by atoms with Gasteiger partial charge in [-0.15, -0.1) is 0 Å². The fourth-order valence-electron chi connectivity index (χ4n) is 0.845. The summed E-state index contributed by atoms with van der Waals surface area (Å²) >= 11 is 0. The topological polar surface area (TPSA) is 86.3 Å². The van der Waals surface area contributed by atoms with Gasteiger partial charge in [0.25, 0.3) is 5.91 Å². The van der Waals surface area contributed by atoms with Crippen molar-refractivity contribution in [2.24, 2.45) is 5.73 Å². The lowest BCUT2D eigenvalue weighted by molar-refractivity contribution is 0.100. The Hall–Kier alpha value is -1.91. The van der Waals surface area contributed by atoms with E-state index in [1.54, 1.807) is 18.2 Å². The lowest BCUT2D eigenvalue weighted by Gasteiger charge is -1.96. The van der Waals surface area contributed by atoms with E-state index in [1.807, 2.05) is 0 Å². The molecule has 1 rings (SSSR count). The van der Waals surface area contributed by atoms with E-state index < -0.39 is 5.91 Å². The molecule has 0 bridgehead atoms. The third-order valence-corrected chi connectivity index (χ3v) is 1.36. The van der Waals surface area contributed by atoms with Gasteiger partial charge in [0.05, 0.1) is 5.56 Å². The minimum Gasteiger partial charge on any atom is -0.366 e. The first-order chi connectivity index (χ1) is 5.75. The minimum atomic E-state index is -0.596. The maximum absolute atomic E-state index is 10.7. The summed E-state index contributed by atoms with van der Waals surface area (Å²) in [7, 11) is 0. The van der Waals surface area contributed by atoms with Crippen molar-refractivity contribution in [1.29, 1.82) is 0 Å². The predicted molar refractivity (Wildman–Crippen MR) is 44.1 cm³/mol. The molecular weight excluding hydrogens is 158 g/mol. The summed E-state index contributed by atoms with van der Waals surface area (Å²) in [6.45, 7) is 0. The molecule has 1 radical (unpaired) electrons. The van der Waals surface area contributed by atoms with E-state index in [1.165, 1.54) is 6.07 Å². The summed E-state index contributed by atoms with van der Waals surface area (Å²) < 4.78 is 0. The quantitative estimate of drug-likeness (QED) is 0.628. The van der Waals surface area contributed by atoms with Gasteiger partial charge in [0.15, 0.2) is 0 Å². The Labute approximate surface area is 68.5 Å². The number of hydrogen-bond acceptors (Lipinski definition) is 3. The largest absolute Gasteiger partial charge is 0.483 e. The maximum atomic E-state index is 10.7. The minimum absolute atomic E-state index is 0.247. The highest BCUT2D eigenvalue weighted by Gasteiger charge is 2.10. The van der Waals surface area contributed by atoms with Gasteiger partial charge in [-0.2, -0.15) is 0 Å². The van der Waals surface area contributed by atoms with Crippen LogP contribution in [0.4, 0.5) is 5.69 Å². The van der Waals surface area contributed by atoms with Crippen LogP contribution < -0.4 is 16.4 Å². The van der Waals surface area contributed by atoms with E-state index in [0.717, 1.165) is 0 Å². The summed E-state index contributed by atoms with van der Waals surface area (Å²) in [5.41, 5.74) is 7.72. The number of para-hydroxylation sites is 1. The lowest BCUT2D eigenvalue weighted by Crippen LogP contribution is -2.14. The molecule has 61 valence electrons. The molecule has 0 saturated heterocycles. The van der Waals surface area contributed by atoms with Gasteiger partial charge in [-0.1, -0.05) is 12.1 Å². The number of nitrogens with zero attached hydrogens (tertiary/aromatic N) is 1. The lowest BCUT2D eigenvalue weighted by atomic mass is 10.2. The van der Waals surface area contributed by atoms with Crippen molar-refractivity contribution >= 4 is 11.6 Å². The van der Waals surface area contributed by atoms with Gasteiger partial charge in [0.1, 0.15) is 10.6 Å². The van der Waals surface area contributed by atoms with E-state index >= 15 is 0 Å². The Morgan fingerprint density at radius 1 is 1.42 bits per heavy atom. The van der Waals surface area contributed by atoms with Crippen LogP contribution in [0.5, 0.6) is 0 Å². The molecule has 1 amide bonds. The smallest absolute Gasteiger partial charge is 0.366 e. The molecule has 5 heteroatoms. The van der Waals surface area contributed by atoms with Crippen molar-refractivity contribution in [1.82, 2.24) is 5.29 Å². The molecule has 0 fully saturated rings. The SMILES string of the molecule is NC(=O)c1ccccc1N[N+]=O. The zero-order valence-electron chi connectivity index (χ0n) is 6.15. The van der Waals surface area contributed by atoms with E-state index in [4.69, 9.17) is 5.73 Å². The number of amides is 1. The van der Waals surface area contributed by atoms with Crippen LogP contribution in [0.1, 0.15) is 10.4 Å². The van der Waals surface area contributed by atoms with Crippen LogP contribution in [-0.4, -0.2) is 5.91 Å². The van der Waals surface area contributed by atoms with E-state index in [0.29, 0.717) is 5.69 Å². The van der Waals surface area contributed by atoms with Crippen LogP contribution in [0.25, 0.3) is 0 Å². The summed E-state index contributed by atoms with van der Waals surface area (Å²) in [5.74, 6) is -0.596. The molecule has 0 aromatic heterocycles. The van der Waals surface area contributed by atoms with E-state index in [2.05, 4.69) is 10.7 Å². The van der Waals surface area contributed by atoms with Crippen LogP contribution in [0, 0.1) is 4.91 Å². The molecule has 5 nitrogen and oxygen atoms in total. The molecule has 0 aliphatic carbocycles. The van der Waals surface area contributed by atoms with Crippen molar-refractivity contribution in [3.63, 3.8) is 0 Å². The average molecular weight is 165 g/mol. The molecule has 0 heterocycles. The molecule has 0 unspecified atom stereocenters. The van der Waals surface area contributed by atoms with Crippen LogP contribution in [-0.2, 0) is 0 Å². The second kappa shape index (κ2) is 3.47. The van der Waals surface area contributed by atoms with Crippen molar-refractivity contribution in [3.05, 3.63) is 34.7 Å². The number of carbonyl (C=O) groups is 1. The highest BCUT2D eigenvalue weighted by molar-refractivity contribution is 5.98. The van der Waals surface area contributed by atoms with E-state index in [-0.39, 0.29) is 5.56 Å². The average Bonchev–Trinajstić information content (AvgIpc) is 2.05. The van der Waals surface area contributed by atoms with Gasteiger partial charge in [-0.3, -0.25) is 4.79 Å². The van der Waals surface area contributed by atoms with Gasteiger partial charge in [0.2, 0.25) is 0 Å². The fraction of sp³-hybridized carbons (Fsp3) is 0. The van der Waals surface area contributed by atoms with Crippen LogP contribution in [0.3, 0.4) is 0 Å². The van der Waals surface area contributed by atoms with Gasteiger partial charge >= 0.3 is 5.29 Å². The first kappa shape index (κ1) is 8.19. The second-order valence-electron chi connectivity index (χ2n) is 2.11. The van der Waals surface area contributed by atoms with Crippen molar-refractivity contribution in [2.45, 2.75) is 0 Å². The highest BCUT2D eigenvalue weighted by Crippen LogP contribution is 2.12. The van der Waals surface area contributed by atoms with Crippen LogP contribution in [0.15, 0.2) is 24.3 Å². The van der Waals surface area contributed by atoms with Crippen molar-refractivity contribution in [2.75, 3.05) is 5.43 Å². The number of carbonyl (C=O) groups excluding carboxylic acids is 1. The summed E-state index contributed by atoms with van der Waals surface area (Å²) in [5, 5.41) is 2.44. The molecule has 12 heavy (non-hydrogen) atoms. The first-order valence-corrected chi connectivity index (χ1v) is 3.23. The molecule has 0 atom stereocenters. The molecular formula is C7H7N3O2+. The number of anilines is 1. The third kappa shape index (κ3) is 1.57. The second-order valence-corrected chi connectivity index (χ2v) is 2.11. The monoisotopic (exact) mass is 165 g/mol. The third-order valence-electron chi connectivity index (χ3n) is 1.36. The zero-order chi connectivity index (χ0) is 8.97. The fourth-order valence-corrected chi connectivity index (χ4v) is 0.845. The standard InChI is InChI=1S/C7H7N3O2/c8-7(11)5-3-1-2-4-6(5)9-10-12/h1-4H,(H2,8,11)(H,9,12)/q+1. The summed E-state index contributed by atoms with van der Waals surface area (Å²) in [6, 6.07) is 6.37. The van der Waals surface area contributed by atoms with E-state index in [9.17, 15) is 9.70 Å². The number of benzene rings is 1. The molecule has 0 aliphatic heterocycles. The Bertz CT molecular complexity index is 311. The van der Waals surface area contributed by atoms with Crippen LogP contribution >= 0.6 is 0 Å². The Morgan fingerprint density at radius 2 is 2.08 bits per heavy atom. The number of nitroso groups, excluding NO2 is 1. The molecule has 1 aromatic carbocycles.